The fourth-order valence-electron chi connectivity index (χ4n) is 4.56. The molecule has 24 heavy (non-hydrogen) atoms. The quantitative estimate of drug-likeness (QED) is 0.860. The molecule has 2 aliphatic carbocycles. The minimum atomic E-state index is 0.0874. The Morgan fingerprint density at radius 3 is 2.88 bits per heavy atom. The number of rotatable bonds is 4. The van der Waals surface area contributed by atoms with E-state index in [1.807, 2.05) is 31.2 Å². The van der Waals surface area contributed by atoms with Crippen LogP contribution >= 0.6 is 0 Å². The number of aryl methyl sites for hydroxylation is 2. The van der Waals surface area contributed by atoms with Crippen molar-refractivity contribution >= 4 is 5.91 Å². The molecule has 0 amide bonds. The van der Waals surface area contributed by atoms with Crippen LogP contribution in [0.2, 0.25) is 0 Å². The second-order valence-corrected chi connectivity index (χ2v) is 7.67. The monoisotopic (exact) mass is 324 g/mol. The van der Waals surface area contributed by atoms with E-state index in [0.717, 1.165) is 29.1 Å². The van der Waals surface area contributed by atoms with Crippen molar-refractivity contribution in [2.45, 2.75) is 46.0 Å². The predicted molar refractivity (Wildman–Crippen MR) is 92.6 cm³/mol. The minimum absolute atomic E-state index is 0.0874. The van der Waals surface area contributed by atoms with E-state index in [9.17, 15) is 4.79 Å². The number of nitrogens with zero attached hydrogens (tertiary/aromatic N) is 2. The SMILES string of the molecule is COc1ccccc1CCC(=O)n1nc(C)c2c1C[C@@H]1[C@H]2C1(C)C. The molecule has 2 aromatic rings. The summed E-state index contributed by atoms with van der Waals surface area (Å²) >= 11 is 0. The molecule has 126 valence electrons. The molecule has 4 rings (SSSR count). The van der Waals surface area contributed by atoms with Crippen molar-refractivity contribution in [1.29, 1.82) is 0 Å². The fourth-order valence-corrected chi connectivity index (χ4v) is 4.56. The molecule has 0 aliphatic heterocycles. The number of ether oxygens (including phenoxy) is 1. The van der Waals surface area contributed by atoms with Crippen molar-refractivity contribution < 1.29 is 9.53 Å². The van der Waals surface area contributed by atoms with Crippen molar-refractivity contribution in [3.8, 4) is 5.75 Å². The van der Waals surface area contributed by atoms with Crippen LogP contribution < -0.4 is 4.74 Å². The van der Waals surface area contributed by atoms with Gasteiger partial charge in [-0.25, -0.2) is 4.68 Å². The Bertz CT molecular complexity index is 819. The Balaban J connectivity index is 1.53. The number of hydrogen-bond donors (Lipinski definition) is 0. The van der Waals surface area contributed by atoms with Crippen LogP contribution in [0.3, 0.4) is 0 Å². The van der Waals surface area contributed by atoms with E-state index in [1.165, 1.54) is 5.56 Å². The molecule has 0 unspecified atom stereocenters. The van der Waals surface area contributed by atoms with Gasteiger partial charge >= 0.3 is 0 Å². The van der Waals surface area contributed by atoms with Crippen LogP contribution in [0.4, 0.5) is 0 Å². The van der Waals surface area contributed by atoms with Gasteiger partial charge in [0.2, 0.25) is 5.91 Å². The summed E-state index contributed by atoms with van der Waals surface area (Å²) in [6, 6.07) is 7.88. The van der Waals surface area contributed by atoms with Crippen molar-refractivity contribution in [3.05, 3.63) is 46.8 Å². The van der Waals surface area contributed by atoms with Gasteiger partial charge in [-0.1, -0.05) is 32.0 Å². The lowest BCUT2D eigenvalue weighted by Gasteiger charge is -2.11. The van der Waals surface area contributed by atoms with Gasteiger partial charge in [-0.05, 0) is 48.6 Å². The van der Waals surface area contributed by atoms with E-state index in [2.05, 4.69) is 18.9 Å². The highest BCUT2D eigenvalue weighted by Crippen LogP contribution is 2.70. The number of carbonyl (C=O) groups is 1. The number of methoxy groups -OCH3 is 1. The Morgan fingerprint density at radius 1 is 1.38 bits per heavy atom. The lowest BCUT2D eigenvalue weighted by molar-refractivity contribution is 0.0882. The summed E-state index contributed by atoms with van der Waals surface area (Å²) in [7, 11) is 1.67. The van der Waals surface area contributed by atoms with Gasteiger partial charge in [0, 0.05) is 12.0 Å². The highest BCUT2D eigenvalue weighted by atomic mass is 16.5. The fraction of sp³-hybridized carbons (Fsp3) is 0.500. The van der Waals surface area contributed by atoms with Crippen LogP contribution in [0, 0.1) is 18.3 Å². The van der Waals surface area contributed by atoms with Gasteiger partial charge < -0.3 is 4.74 Å². The van der Waals surface area contributed by atoms with Gasteiger partial charge in [-0.3, -0.25) is 4.79 Å². The first-order valence-corrected chi connectivity index (χ1v) is 8.68. The number of benzene rings is 1. The topological polar surface area (TPSA) is 44.1 Å². The zero-order chi connectivity index (χ0) is 17.1. The van der Waals surface area contributed by atoms with E-state index < -0.39 is 0 Å². The molecule has 0 spiro atoms. The van der Waals surface area contributed by atoms with Gasteiger partial charge in [0.05, 0.1) is 18.5 Å². The molecule has 2 atom stereocenters. The first kappa shape index (κ1) is 15.4. The second kappa shape index (κ2) is 5.20. The lowest BCUT2D eigenvalue weighted by atomic mass is 9.98. The third kappa shape index (κ3) is 2.12. The molecule has 2 aliphatic rings. The molecular formula is C20H24N2O2. The summed E-state index contributed by atoms with van der Waals surface area (Å²) < 4.78 is 7.05. The van der Waals surface area contributed by atoms with Gasteiger partial charge in [0.15, 0.2) is 0 Å². The Kier molecular flexibility index (Phi) is 3.34. The first-order valence-electron chi connectivity index (χ1n) is 8.68. The highest BCUT2D eigenvalue weighted by Gasteiger charge is 2.64. The van der Waals surface area contributed by atoms with E-state index in [1.54, 1.807) is 11.8 Å². The van der Waals surface area contributed by atoms with Gasteiger partial charge in [0.1, 0.15) is 5.75 Å². The summed E-state index contributed by atoms with van der Waals surface area (Å²) in [6.45, 7) is 6.69. The summed E-state index contributed by atoms with van der Waals surface area (Å²) in [5.41, 5.74) is 4.99. The molecular weight excluding hydrogens is 300 g/mol. The molecule has 1 fully saturated rings. The van der Waals surface area contributed by atoms with Crippen molar-refractivity contribution in [2.75, 3.05) is 7.11 Å². The van der Waals surface area contributed by atoms with Gasteiger partial charge in [-0.15, -0.1) is 0 Å². The number of carbonyl (C=O) groups excluding carboxylic acids is 1. The van der Waals surface area contributed by atoms with Crippen LogP contribution in [0.25, 0.3) is 0 Å². The smallest absolute Gasteiger partial charge is 0.247 e. The zero-order valence-corrected chi connectivity index (χ0v) is 14.8. The maximum absolute atomic E-state index is 12.7. The lowest BCUT2D eigenvalue weighted by Crippen LogP contribution is -2.17. The number of aromatic nitrogens is 2. The maximum atomic E-state index is 12.7. The molecule has 0 N–H and O–H groups in total. The third-order valence-corrected chi connectivity index (χ3v) is 6.02. The molecule has 1 saturated carbocycles. The average Bonchev–Trinajstić information content (AvgIpc) is 2.92. The normalized spacial score (nSPS) is 22.8. The minimum Gasteiger partial charge on any atom is -0.496 e. The van der Waals surface area contributed by atoms with Crippen LogP contribution in [-0.4, -0.2) is 22.8 Å². The van der Waals surface area contributed by atoms with Crippen LogP contribution in [0.1, 0.15) is 53.5 Å². The maximum Gasteiger partial charge on any atom is 0.247 e. The predicted octanol–water partition coefficient (Wildman–Crippen LogP) is 3.77. The van der Waals surface area contributed by atoms with Gasteiger partial charge in [0.25, 0.3) is 0 Å². The van der Waals surface area contributed by atoms with E-state index in [-0.39, 0.29) is 5.91 Å². The largest absolute Gasteiger partial charge is 0.496 e. The molecule has 1 aromatic heterocycles. The molecule has 1 heterocycles. The highest BCUT2D eigenvalue weighted by molar-refractivity contribution is 5.80. The molecule has 0 saturated heterocycles. The molecule has 0 bridgehead atoms. The van der Waals surface area contributed by atoms with E-state index >= 15 is 0 Å². The number of fused-ring (bicyclic) bond motifs is 3. The number of para-hydroxylation sites is 1. The van der Waals surface area contributed by atoms with E-state index in [0.29, 0.717) is 30.1 Å². The Labute approximate surface area is 142 Å². The Morgan fingerprint density at radius 2 is 2.12 bits per heavy atom. The third-order valence-electron chi connectivity index (χ3n) is 6.02. The Hall–Kier alpha value is -2.10. The second-order valence-electron chi connectivity index (χ2n) is 7.67. The summed E-state index contributed by atoms with van der Waals surface area (Å²) in [6.07, 6.45) is 2.12. The van der Waals surface area contributed by atoms with Crippen molar-refractivity contribution in [1.82, 2.24) is 9.78 Å². The number of hydrogen-bond acceptors (Lipinski definition) is 3. The van der Waals surface area contributed by atoms with Crippen molar-refractivity contribution in [2.24, 2.45) is 11.3 Å². The van der Waals surface area contributed by atoms with E-state index in [4.69, 9.17) is 4.74 Å². The first-order chi connectivity index (χ1) is 11.4. The zero-order valence-electron chi connectivity index (χ0n) is 14.8. The van der Waals surface area contributed by atoms with Crippen LogP contribution in [0.15, 0.2) is 24.3 Å². The summed E-state index contributed by atoms with van der Waals surface area (Å²) in [5.74, 6) is 2.22. The molecule has 0 radical (unpaired) electrons. The summed E-state index contributed by atoms with van der Waals surface area (Å²) in [4.78, 5) is 12.7. The van der Waals surface area contributed by atoms with Crippen molar-refractivity contribution in [3.63, 3.8) is 0 Å². The molecule has 4 nitrogen and oxygen atoms in total. The molecule has 1 aromatic carbocycles. The molecule has 4 heteroatoms. The standard InChI is InChI=1S/C20H24N2O2/c1-12-18-15(11-14-19(18)20(14,2)3)22(21-12)17(23)10-9-13-7-5-6-8-16(13)24-4/h5-8,14,19H,9-11H2,1-4H3/t14-,19-/m1/s1. The van der Waals surface area contributed by atoms with Crippen LogP contribution in [-0.2, 0) is 12.8 Å². The average molecular weight is 324 g/mol. The van der Waals surface area contributed by atoms with Crippen LogP contribution in [0.5, 0.6) is 5.75 Å². The van der Waals surface area contributed by atoms with Gasteiger partial charge in [-0.2, -0.15) is 5.10 Å². The summed E-state index contributed by atoms with van der Waals surface area (Å²) in [5, 5.41) is 4.57.